The highest BCUT2D eigenvalue weighted by molar-refractivity contribution is 6.23. The first-order chi connectivity index (χ1) is 7.62. The van der Waals surface area contributed by atoms with Crippen molar-refractivity contribution in [3.63, 3.8) is 0 Å². The molecule has 1 atom stereocenters. The van der Waals surface area contributed by atoms with Crippen LogP contribution in [0.25, 0.3) is 0 Å². The Morgan fingerprint density at radius 2 is 1.12 bits per heavy atom. The molecule has 0 nitrogen and oxygen atoms in total. The lowest BCUT2D eigenvalue weighted by atomic mass is 9.96. The SMILES string of the molecule is CCCCCCCCCC(C)(Cl)CCCC. The Labute approximate surface area is 108 Å². The largest absolute Gasteiger partial charge is 0.120 e. The molecule has 0 rings (SSSR count). The third kappa shape index (κ3) is 10.8. The van der Waals surface area contributed by atoms with Crippen molar-refractivity contribution in [2.75, 3.05) is 0 Å². The average Bonchev–Trinajstić information content (AvgIpc) is 2.25. The summed E-state index contributed by atoms with van der Waals surface area (Å²) >= 11 is 6.48. The number of hydrogen-bond donors (Lipinski definition) is 0. The van der Waals surface area contributed by atoms with E-state index in [0.717, 1.165) is 0 Å². The summed E-state index contributed by atoms with van der Waals surface area (Å²) in [6, 6.07) is 0. The number of hydrogen-bond acceptors (Lipinski definition) is 0. The minimum Gasteiger partial charge on any atom is -0.120 e. The maximum absolute atomic E-state index is 6.48. The molecule has 0 N–H and O–H groups in total. The zero-order valence-corrected chi connectivity index (χ0v) is 12.4. The highest BCUT2D eigenvalue weighted by Crippen LogP contribution is 2.28. The second kappa shape index (κ2) is 10.4. The summed E-state index contributed by atoms with van der Waals surface area (Å²) in [7, 11) is 0. The van der Waals surface area contributed by atoms with Gasteiger partial charge in [0.1, 0.15) is 0 Å². The predicted molar refractivity (Wildman–Crippen MR) is 76.4 cm³/mol. The van der Waals surface area contributed by atoms with Crippen LogP contribution < -0.4 is 0 Å². The molecule has 0 saturated heterocycles. The molecular weight excluding hydrogens is 216 g/mol. The highest BCUT2D eigenvalue weighted by Gasteiger charge is 2.18. The first-order valence-corrected chi connectivity index (χ1v) is 7.69. The lowest BCUT2D eigenvalue weighted by Crippen LogP contribution is -2.15. The van der Waals surface area contributed by atoms with Crippen LogP contribution in [0.1, 0.15) is 91.4 Å². The number of halogens is 1. The summed E-state index contributed by atoms with van der Waals surface area (Å²) in [6.45, 7) is 6.72. The Balaban J connectivity index is 3.29. The smallest absolute Gasteiger partial charge is 0.0418 e. The van der Waals surface area contributed by atoms with E-state index in [-0.39, 0.29) is 4.87 Å². The Morgan fingerprint density at radius 1 is 0.688 bits per heavy atom. The molecule has 0 spiro atoms. The van der Waals surface area contributed by atoms with Crippen molar-refractivity contribution in [1.82, 2.24) is 0 Å². The number of unbranched alkanes of at least 4 members (excludes halogenated alkanes) is 7. The molecule has 0 aliphatic rings. The standard InChI is InChI=1S/C15H31Cl/c1-4-6-8-9-10-11-12-14-15(3,16)13-7-5-2/h4-14H2,1-3H3. The number of alkyl halides is 1. The van der Waals surface area contributed by atoms with Crippen molar-refractivity contribution in [2.45, 2.75) is 96.3 Å². The van der Waals surface area contributed by atoms with Crippen molar-refractivity contribution in [2.24, 2.45) is 0 Å². The van der Waals surface area contributed by atoms with Gasteiger partial charge in [0.25, 0.3) is 0 Å². The molecule has 0 saturated carbocycles. The summed E-state index contributed by atoms with van der Waals surface area (Å²) < 4.78 is 0. The van der Waals surface area contributed by atoms with Gasteiger partial charge in [-0.05, 0) is 19.8 Å². The molecule has 0 aromatic rings. The lowest BCUT2D eigenvalue weighted by molar-refractivity contribution is 0.470. The molecule has 0 fully saturated rings. The van der Waals surface area contributed by atoms with Crippen molar-refractivity contribution in [3.8, 4) is 0 Å². The van der Waals surface area contributed by atoms with Gasteiger partial charge in [0.15, 0.2) is 0 Å². The molecule has 0 aliphatic carbocycles. The molecule has 0 heterocycles. The van der Waals surface area contributed by atoms with Crippen LogP contribution in [0.15, 0.2) is 0 Å². The van der Waals surface area contributed by atoms with E-state index in [1.165, 1.54) is 70.6 Å². The fourth-order valence-electron chi connectivity index (χ4n) is 2.12. The van der Waals surface area contributed by atoms with Gasteiger partial charge < -0.3 is 0 Å². The van der Waals surface area contributed by atoms with E-state index in [1.807, 2.05) is 0 Å². The monoisotopic (exact) mass is 246 g/mol. The summed E-state index contributed by atoms with van der Waals surface area (Å²) in [5.74, 6) is 0. The summed E-state index contributed by atoms with van der Waals surface area (Å²) in [4.78, 5) is 0.0689. The molecule has 0 aliphatic heterocycles. The minimum atomic E-state index is 0.0689. The van der Waals surface area contributed by atoms with Crippen LogP contribution in [0.3, 0.4) is 0 Å². The zero-order valence-electron chi connectivity index (χ0n) is 11.7. The van der Waals surface area contributed by atoms with Gasteiger partial charge in [0.05, 0.1) is 0 Å². The van der Waals surface area contributed by atoms with E-state index in [1.54, 1.807) is 0 Å². The fraction of sp³-hybridized carbons (Fsp3) is 1.00. The van der Waals surface area contributed by atoms with Gasteiger partial charge in [-0.25, -0.2) is 0 Å². The van der Waals surface area contributed by atoms with Crippen LogP contribution in [0.5, 0.6) is 0 Å². The average molecular weight is 247 g/mol. The van der Waals surface area contributed by atoms with Crippen LogP contribution in [-0.4, -0.2) is 4.87 Å². The lowest BCUT2D eigenvalue weighted by Gasteiger charge is -2.21. The van der Waals surface area contributed by atoms with Crippen LogP contribution in [-0.2, 0) is 0 Å². The molecular formula is C15H31Cl. The van der Waals surface area contributed by atoms with Crippen molar-refractivity contribution in [1.29, 1.82) is 0 Å². The van der Waals surface area contributed by atoms with Crippen LogP contribution in [0.4, 0.5) is 0 Å². The Bertz CT molecular complexity index is 140. The van der Waals surface area contributed by atoms with Gasteiger partial charge in [-0.1, -0.05) is 71.6 Å². The molecule has 0 aromatic heterocycles. The second-order valence-corrected chi connectivity index (χ2v) is 6.30. The van der Waals surface area contributed by atoms with Gasteiger partial charge in [-0.2, -0.15) is 0 Å². The summed E-state index contributed by atoms with van der Waals surface area (Å²) in [5.41, 5.74) is 0. The van der Waals surface area contributed by atoms with Gasteiger partial charge in [-0.3, -0.25) is 0 Å². The van der Waals surface area contributed by atoms with Gasteiger partial charge in [0.2, 0.25) is 0 Å². The molecule has 0 aromatic carbocycles. The van der Waals surface area contributed by atoms with Crippen molar-refractivity contribution < 1.29 is 0 Å². The quantitative estimate of drug-likeness (QED) is 0.296. The third-order valence-corrected chi connectivity index (χ3v) is 3.73. The van der Waals surface area contributed by atoms with Gasteiger partial charge >= 0.3 is 0 Å². The van der Waals surface area contributed by atoms with E-state index in [9.17, 15) is 0 Å². The fourth-order valence-corrected chi connectivity index (χ4v) is 2.39. The summed E-state index contributed by atoms with van der Waals surface area (Å²) in [5, 5.41) is 0. The normalized spacial score (nSPS) is 15.0. The first-order valence-electron chi connectivity index (χ1n) is 7.31. The van der Waals surface area contributed by atoms with Crippen LogP contribution >= 0.6 is 11.6 Å². The zero-order chi connectivity index (χ0) is 12.3. The maximum Gasteiger partial charge on any atom is 0.0418 e. The maximum atomic E-state index is 6.48. The second-order valence-electron chi connectivity index (χ2n) is 5.39. The van der Waals surface area contributed by atoms with Gasteiger partial charge in [-0.15, -0.1) is 11.6 Å². The Hall–Kier alpha value is 0.290. The third-order valence-electron chi connectivity index (χ3n) is 3.35. The summed E-state index contributed by atoms with van der Waals surface area (Å²) in [6.07, 6.45) is 14.6. The van der Waals surface area contributed by atoms with Crippen LogP contribution in [0.2, 0.25) is 0 Å². The molecule has 0 bridgehead atoms. The molecule has 98 valence electrons. The molecule has 0 radical (unpaired) electrons. The molecule has 0 amide bonds. The van der Waals surface area contributed by atoms with Gasteiger partial charge in [0, 0.05) is 4.87 Å². The first kappa shape index (κ1) is 16.3. The Kier molecular flexibility index (Phi) is 10.6. The molecule has 1 heteroatoms. The predicted octanol–water partition coefficient (Wildman–Crippen LogP) is 6.31. The van der Waals surface area contributed by atoms with Crippen molar-refractivity contribution in [3.05, 3.63) is 0 Å². The van der Waals surface area contributed by atoms with Crippen LogP contribution in [0, 0.1) is 0 Å². The van der Waals surface area contributed by atoms with E-state index in [4.69, 9.17) is 11.6 Å². The van der Waals surface area contributed by atoms with E-state index in [2.05, 4.69) is 20.8 Å². The highest BCUT2D eigenvalue weighted by atomic mass is 35.5. The van der Waals surface area contributed by atoms with E-state index >= 15 is 0 Å². The minimum absolute atomic E-state index is 0.0689. The molecule has 1 unspecified atom stereocenters. The topological polar surface area (TPSA) is 0 Å². The van der Waals surface area contributed by atoms with Crippen molar-refractivity contribution >= 4 is 11.6 Å². The Morgan fingerprint density at radius 3 is 1.69 bits per heavy atom. The number of rotatable bonds is 11. The molecule has 16 heavy (non-hydrogen) atoms. The van der Waals surface area contributed by atoms with E-state index in [0.29, 0.717) is 0 Å². The van der Waals surface area contributed by atoms with E-state index < -0.39 is 0 Å².